The minimum atomic E-state index is -0.695. The van der Waals surface area contributed by atoms with E-state index in [2.05, 4.69) is 31.0 Å². The van der Waals surface area contributed by atoms with Gasteiger partial charge >= 0.3 is 5.97 Å². The molecule has 0 aromatic carbocycles. The zero-order chi connectivity index (χ0) is 12.8. The Kier molecular flexibility index (Phi) is 5.92. The first-order valence-electron chi connectivity index (χ1n) is 6.68. The number of nitrogens with zero attached hydrogens (tertiary/aromatic N) is 1. The van der Waals surface area contributed by atoms with Gasteiger partial charge in [0.1, 0.15) is 0 Å². The van der Waals surface area contributed by atoms with Crippen molar-refractivity contribution < 1.29 is 9.90 Å². The third kappa shape index (κ3) is 5.50. The number of carboxylic acids is 1. The normalized spacial score (nSPS) is 27.1. The third-order valence-electron chi connectivity index (χ3n) is 3.38. The molecule has 17 heavy (non-hydrogen) atoms. The summed E-state index contributed by atoms with van der Waals surface area (Å²) < 4.78 is 0. The zero-order valence-electron chi connectivity index (χ0n) is 11.3. The largest absolute Gasteiger partial charge is 0.481 e. The van der Waals surface area contributed by atoms with E-state index >= 15 is 0 Å². The molecule has 0 aromatic rings. The van der Waals surface area contributed by atoms with E-state index in [0.29, 0.717) is 18.0 Å². The molecule has 2 N–H and O–H groups in total. The number of rotatable bonds is 5. The van der Waals surface area contributed by atoms with Gasteiger partial charge in [-0.3, -0.25) is 9.69 Å². The van der Waals surface area contributed by atoms with Crippen LogP contribution in [-0.2, 0) is 4.79 Å². The van der Waals surface area contributed by atoms with Crippen molar-refractivity contribution >= 4 is 5.97 Å². The van der Waals surface area contributed by atoms with Gasteiger partial charge in [-0.2, -0.15) is 0 Å². The van der Waals surface area contributed by atoms with Gasteiger partial charge in [-0.05, 0) is 32.2 Å². The standard InChI is InChI=1S/C13H26N2O2/c1-10(2)8-15-9-12(4-5-13(16)17)14-7-6-11(15)3/h10-12,14H,4-9H2,1-3H3,(H,16,17). The van der Waals surface area contributed by atoms with Crippen molar-refractivity contribution in [3.05, 3.63) is 0 Å². The predicted molar refractivity (Wildman–Crippen MR) is 69.2 cm³/mol. The summed E-state index contributed by atoms with van der Waals surface area (Å²) in [6, 6.07) is 0.925. The summed E-state index contributed by atoms with van der Waals surface area (Å²) in [4.78, 5) is 13.1. The second kappa shape index (κ2) is 6.97. The molecule has 1 fully saturated rings. The lowest BCUT2D eigenvalue weighted by Crippen LogP contribution is -2.42. The van der Waals surface area contributed by atoms with Crippen LogP contribution >= 0.6 is 0 Å². The minimum absolute atomic E-state index is 0.265. The first kappa shape index (κ1) is 14.5. The van der Waals surface area contributed by atoms with Crippen LogP contribution in [0.5, 0.6) is 0 Å². The summed E-state index contributed by atoms with van der Waals surface area (Å²) in [7, 11) is 0. The maximum atomic E-state index is 10.6. The average molecular weight is 242 g/mol. The number of carbonyl (C=O) groups is 1. The van der Waals surface area contributed by atoms with E-state index in [0.717, 1.165) is 32.5 Å². The molecule has 1 aliphatic heterocycles. The van der Waals surface area contributed by atoms with Gasteiger partial charge in [0.15, 0.2) is 0 Å². The van der Waals surface area contributed by atoms with Crippen molar-refractivity contribution in [1.82, 2.24) is 10.2 Å². The molecule has 1 saturated heterocycles. The molecular formula is C13H26N2O2. The first-order valence-corrected chi connectivity index (χ1v) is 6.68. The van der Waals surface area contributed by atoms with Crippen LogP contribution < -0.4 is 5.32 Å². The van der Waals surface area contributed by atoms with Crippen LogP contribution in [0.3, 0.4) is 0 Å². The second-order valence-electron chi connectivity index (χ2n) is 5.57. The predicted octanol–water partition coefficient (Wildman–Crippen LogP) is 1.56. The molecule has 1 rings (SSSR count). The Balaban J connectivity index is 2.48. The Bertz CT molecular complexity index is 244. The van der Waals surface area contributed by atoms with Crippen LogP contribution in [0.4, 0.5) is 0 Å². The molecule has 0 radical (unpaired) electrons. The first-order chi connectivity index (χ1) is 7.99. The average Bonchev–Trinajstić information content (AvgIpc) is 2.38. The topological polar surface area (TPSA) is 52.6 Å². The van der Waals surface area contributed by atoms with E-state index in [9.17, 15) is 4.79 Å². The van der Waals surface area contributed by atoms with E-state index in [1.807, 2.05) is 0 Å². The van der Waals surface area contributed by atoms with Crippen LogP contribution in [0.2, 0.25) is 0 Å². The fourth-order valence-corrected chi connectivity index (χ4v) is 2.42. The fourth-order valence-electron chi connectivity index (χ4n) is 2.42. The van der Waals surface area contributed by atoms with Crippen LogP contribution in [0.1, 0.15) is 40.0 Å². The summed E-state index contributed by atoms with van der Waals surface area (Å²) in [5.74, 6) is -0.0322. The number of carboxylic acid groups (broad SMARTS) is 1. The summed E-state index contributed by atoms with van der Waals surface area (Å²) >= 11 is 0. The Morgan fingerprint density at radius 3 is 2.82 bits per heavy atom. The third-order valence-corrected chi connectivity index (χ3v) is 3.38. The maximum Gasteiger partial charge on any atom is 0.303 e. The molecule has 2 atom stereocenters. The molecule has 1 heterocycles. The molecule has 0 aliphatic carbocycles. The highest BCUT2D eigenvalue weighted by molar-refractivity contribution is 5.66. The number of aliphatic carboxylic acids is 1. The van der Waals surface area contributed by atoms with Crippen LogP contribution in [0.15, 0.2) is 0 Å². The molecule has 100 valence electrons. The highest BCUT2D eigenvalue weighted by Gasteiger charge is 2.23. The van der Waals surface area contributed by atoms with E-state index in [4.69, 9.17) is 5.11 Å². The second-order valence-corrected chi connectivity index (χ2v) is 5.57. The lowest BCUT2D eigenvalue weighted by molar-refractivity contribution is -0.137. The van der Waals surface area contributed by atoms with Gasteiger partial charge in [-0.1, -0.05) is 13.8 Å². The number of hydrogen-bond donors (Lipinski definition) is 2. The lowest BCUT2D eigenvalue weighted by Gasteiger charge is -2.30. The van der Waals surface area contributed by atoms with Gasteiger partial charge in [0.05, 0.1) is 0 Å². The van der Waals surface area contributed by atoms with Crippen molar-refractivity contribution in [3.8, 4) is 0 Å². The molecule has 0 bridgehead atoms. The molecule has 4 nitrogen and oxygen atoms in total. The zero-order valence-corrected chi connectivity index (χ0v) is 11.3. The smallest absolute Gasteiger partial charge is 0.303 e. The van der Waals surface area contributed by atoms with E-state index < -0.39 is 5.97 Å². The minimum Gasteiger partial charge on any atom is -0.481 e. The van der Waals surface area contributed by atoms with Gasteiger partial charge in [0, 0.05) is 31.6 Å². The lowest BCUT2D eigenvalue weighted by atomic mass is 10.1. The Labute approximate surface area is 104 Å². The van der Waals surface area contributed by atoms with Crippen molar-refractivity contribution in [2.45, 2.75) is 52.1 Å². The molecule has 0 amide bonds. The van der Waals surface area contributed by atoms with Crippen LogP contribution in [0.25, 0.3) is 0 Å². The van der Waals surface area contributed by atoms with Gasteiger partial charge in [-0.15, -0.1) is 0 Å². The van der Waals surface area contributed by atoms with Crippen molar-refractivity contribution in [2.75, 3.05) is 19.6 Å². The molecule has 4 heteroatoms. The SMILES string of the molecule is CC(C)CN1CC(CCC(=O)O)NCCC1C. The Morgan fingerprint density at radius 2 is 2.24 bits per heavy atom. The quantitative estimate of drug-likeness (QED) is 0.768. The van der Waals surface area contributed by atoms with Gasteiger partial charge < -0.3 is 10.4 Å². The van der Waals surface area contributed by atoms with Crippen LogP contribution in [-0.4, -0.2) is 47.7 Å². The summed E-state index contributed by atoms with van der Waals surface area (Å²) in [5, 5.41) is 12.2. The Morgan fingerprint density at radius 1 is 1.53 bits per heavy atom. The highest BCUT2D eigenvalue weighted by Crippen LogP contribution is 2.13. The summed E-state index contributed by atoms with van der Waals surface area (Å²) in [6.07, 6.45) is 2.15. The molecule has 0 saturated carbocycles. The summed E-state index contributed by atoms with van der Waals surface area (Å²) in [6.45, 7) is 9.82. The Hall–Kier alpha value is -0.610. The summed E-state index contributed by atoms with van der Waals surface area (Å²) in [5.41, 5.74) is 0. The highest BCUT2D eigenvalue weighted by atomic mass is 16.4. The van der Waals surface area contributed by atoms with E-state index in [1.165, 1.54) is 0 Å². The van der Waals surface area contributed by atoms with Gasteiger partial charge in [-0.25, -0.2) is 0 Å². The van der Waals surface area contributed by atoms with Crippen molar-refractivity contribution in [2.24, 2.45) is 5.92 Å². The molecule has 0 spiro atoms. The van der Waals surface area contributed by atoms with Crippen molar-refractivity contribution in [1.29, 1.82) is 0 Å². The fraction of sp³-hybridized carbons (Fsp3) is 0.923. The monoisotopic (exact) mass is 242 g/mol. The van der Waals surface area contributed by atoms with E-state index in [-0.39, 0.29) is 6.42 Å². The maximum absolute atomic E-state index is 10.6. The number of hydrogen-bond acceptors (Lipinski definition) is 3. The van der Waals surface area contributed by atoms with Gasteiger partial charge in [0.25, 0.3) is 0 Å². The molecular weight excluding hydrogens is 216 g/mol. The van der Waals surface area contributed by atoms with Gasteiger partial charge in [0.2, 0.25) is 0 Å². The van der Waals surface area contributed by atoms with Crippen LogP contribution in [0, 0.1) is 5.92 Å². The molecule has 0 aromatic heterocycles. The molecule has 2 unspecified atom stereocenters. The number of nitrogens with one attached hydrogen (secondary N) is 1. The van der Waals surface area contributed by atoms with E-state index in [1.54, 1.807) is 0 Å². The van der Waals surface area contributed by atoms with Crippen molar-refractivity contribution in [3.63, 3.8) is 0 Å². The molecule has 1 aliphatic rings.